The summed E-state index contributed by atoms with van der Waals surface area (Å²) >= 11 is 12.2. The third-order valence-electron chi connectivity index (χ3n) is 4.29. The maximum atomic E-state index is 12.8. The van der Waals surface area contributed by atoms with Gasteiger partial charge in [-0.25, -0.2) is 9.59 Å². The average Bonchev–Trinajstić information content (AvgIpc) is 2.66. The van der Waals surface area contributed by atoms with Crippen LogP contribution in [0.2, 0.25) is 10.0 Å². The molecule has 1 aliphatic rings. The van der Waals surface area contributed by atoms with E-state index in [1.807, 2.05) is 12.1 Å². The van der Waals surface area contributed by atoms with E-state index < -0.39 is 18.0 Å². The molecule has 0 saturated carbocycles. The Morgan fingerprint density at radius 3 is 2.50 bits per heavy atom. The van der Waals surface area contributed by atoms with Gasteiger partial charge >= 0.3 is 12.0 Å². The van der Waals surface area contributed by atoms with E-state index in [9.17, 15) is 9.59 Å². The fourth-order valence-electron chi connectivity index (χ4n) is 2.88. The van der Waals surface area contributed by atoms with E-state index in [-0.39, 0.29) is 12.2 Å². The first-order valence-electron chi connectivity index (χ1n) is 8.42. The molecule has 8 heteroatoms. The highest BCUT2D eigenvalue weighted by Gasteiger charge is 2.33. The number of urea groups is 1. The van der Waals surface area contributed by atoms with Gasteiger partial charge < -0.3 is 20.1 Å². The fourth-order valence-corrected chi connectivity index (χ4v) is 3.40. The van der Waals surface area contributed by atoms with Gasteiger partial charge in [0.15, 0.2) is 0 Å². The summed E-state index contributed by atoms with van der Waals surface area (Å²) in [4.78, 5) is 24.8. The van der Waals surface area contributed by atoms with Gasteiger partial charge in [0.2, 0.25) is 0 Å². The Hall–Kier alpha value is -2.70. The van der Waals surface area contributed by atoms with E-state index in [1.54, 1.807) is 44.4 Å². The number of ether oxygens (including phenoxy) is 2. The highest BCUT2D eigenvalue weighted by molar-refractivity contribution is 6.35. The number of nitrogens with one attached hydrogen (secondary N) is 2. The van der Waals surface area contributed by atoms with Crippen LogP contribution in [0.5, 0.6) is 5.75 Å². The summed E-state index contributed by atoms with van der Waals surface area (Å²) < 4.78 is 10.6. The van der Waals surface area contributed by atoms with Crippen LogP contribution < -0.4 is 15.4 Å². The molecule has 6 nitrogen and oxygen atoms in total. The summed E-state index contributed by atoms with van der Waals surface area (Å²) in [6, 6.07) is 10.9. The van der Waals surface area contributed by atoms with Gasteiger partial charge in [-0.05, 0) is 42.3 Å². The number of rotatable bonds is 5. The number of methoxy groups -OCH3 is 1. The first-order chi connectivity index (χ1) is 13.4. The second-order valence-corrected chi connectivity index (χ2v) is 7.00. The molecule has 0 bridgehead atoms. The minimum atomic E-state index is -0.748. The fraction of sp³-hybridized carbons (Fsp3) is 0.200. The Morgan fingerprint density at radius 1 is 1.14 bits per heavy atom. The van der Waals surface area contributed by atoms with Crippen molar-refractivity contribution in [3.8, 4) is 5.75 Å². The summed E-state index contributed by atoms with van der Waals surface area (Å²) in [5.41, 5.74) is 2.04. The molecule has 146 valence electrons. The maximum absolute atomic E-state index is 12.8. The molecule has 2 aromatic rings. The Labute approximate surface area is 172 Å². The third kappa shape index (κ3) is 4.40. The first kappa shape index (κ1) is 20.0. The van der Waals surface area contributed by atoms with Crippen LogP contribution in [0.3, 0.4) is 0 Å². The molecular weight excluding hydrogens is 403 g/mol. The van der Waals surface area contributed by atoms with Gasteiger partial charge in [-0.2, -0.15) is 0 Å². The van der Waals surface area contributed by atoms with Gasteiger partial charge in [0.25, 0.3) is 0 Å². The smallest absolute Gasteiger partial charge is 0.338 e. The van der Waals surface area contributed by atoms with Crippen molar-refractivity contribution in [2.45, 2.75) is 19.6 Å². The Morgan fingerprint density at radius 2 is 1.86 bits per heavy atom. The van der Waals surface area contributed by atoms with E-state index in [0.717, 1.165) is 5.56 Å². The lowest BCUT2D eigenvalue weighted by molar-refractivity contribution is -0.140. The van der Waals surface area contributed by atoms with Crippen molar-refractivity contribution in [1.82, 2.24) is 10.6 Å². The normalized spacial score (nSPS) is 16.3. The number of carbonyl (C=O) groups excluding carboxylic acids is 2. The molecule has 0 aromatic heterocycles. The minimum Gasteiger partial charge on any atom is -0.497 e. The second-order valence-electron chi connectivity index (χ2n) is 6.16. The zero-order valence-electron chi connectivity index (χ0n) is 15.2. The molecule has 2 aromatic carbocycles. The van der Waals surface area contributed by atoms with Crippen molar-refractivity contribution in [1.29, 1.82) is 0 Å². The van der Waals surface area contributed by atoms with E-state index >= 15 is 0 Å². The van der Waals surface area contributed by atoms with Crippen molar-refractivity contribution in [2.75, 3.05) is 7.11 Å². The number of hydrogen-bond donors (Lipinski definition) is 2. The van der Waals surface area contributed by atoms with Crippen molar-refractivity contribution in [2.24, 2.45) is 0 Å². The van der Waals surface area contributed by atoms with Gasteiger partial charge in [-0.1, -0.05) is 41.4 Å². The zero-order chi connectivity index (χ0) is 20.3. The zero-order valence-corrected chi connectivity index (χ0v) is 16.7. The molecule has 1 atom stereocenters. The molecule has 1 aliphatic heterocycles. The molecule has 0 spiro atoms. The first-order valence-corrected chi connectivity index (χ1v) is 9.18. The number of amides is 2. The van der Waals surface area contributed by atoms with Crippen LogP contribution in [0.1, 0.15) is 24.1 Å². The summed E-state index contributed by atoms with van der Waals surface area (Å²) in [7, 11) is 1.58. The van der Waals surface area contributed by atoms with Gasteiger partial charge in [-0.3, -0.25) is 0 Å². The van der Waals surface area contributed by atoms with Crippen LogP contribution >= 0.6 is 23.2 Å². The van der Waals surface area contributed by atoms with Gasteiger partial charge in [0.05, 0.1) is 18.7 Å². The summed E-state index contributed by atoms with van der Waals surface area (Å²) in [5, 5.41) is 6.11. The molecule has 2 amide bonds. The predicted octanol–water partition coefficient (Wildman–Crippen LogP) is 4.37. The minimum absolute atomic E-state index is 0.0780. The molecular formula is C20H18Cl2N2O4. The van der Waals surface area contributed by atoms with Crippen LogP contribution in [0, 0.1) is 0 Å². The van der Waals surface area contributed by atoms with Crippen LogP contribution in [0.4, 0.5) is 4.79 Å². The predicted molar refractivity (Wildman–Crippen MR) is 106 cm³/mol. The lowest BCUT2D eigenvalue weighted by atomic mass is 9.95. The molecule has 0 fully saturated rings. The molecule has 2 N–H and O–H groups in total. The molecule has 28 heavy (non-hydrogen) atoms. The van der Waals surface area contributed by atoms with Crippen molar-refractivity contribution < 1.29 is 19.1 Å². The SMILES string of the molecule is COc1ccc(COC(=O)C2=C(C)NC(=O)N[C@@H]2c2ccc(Cl)cc2Cl)cc1. The number of allylic oxidation sites excluding steroid dienone is 1. The maximum Gasteiger partial charge on any atom is 0.338 e. The van der Waals surface area contributed by atoms with E-state index in [1.165, 1.54) is 0 Å². The van der Waals surface area contributed by atoms with Crippen LogP contribution in [-0.4, -0.2) is 19.1 Å². The van der Waals surface area contributed by atoms with Crippen molar-refractivity contribution in [3.63, 3.8) is 0 Å². The lowest BCUT2D eigenvalue weighted by Gasteiger charge is -2.28. The summed E-state index contributed by atoms with van der Waals surface area (Å²) in [6.07, 6.45) is 0. The van der Waals surface area contributed by atoms with E-state index in [2.05, 4.69) is 10.6 Å². The van der Waals surface area contributed by atoms with Crippen LogP contribution in [0.25, 0.3) is 0 Å². The molecule has 0 unspecified atom stereocenters. The largest absolute Gasteiger partial charge is 0.497 e. The molecule has 0 aliphatic carbocycles. The summed E-state index contributed by atoms with van der Waals surface area (Å²) in [5.74, 6) is 0.155. The van der Waals surface area contributed by atoms with Gasteiger partial charge in [0.1, 0.15) is 12.4 Å². The molecule has 0 radical (unpaired) electrons. The standard InChI is InChI=1S/C20H18Cl2N2O4/c1-11-17(19(25)28-10-12-3-6-14(27-2)7-4-12)18(24-20(26)23-11)15-8-5-13(21)9-16(15)22/h3-9,18H,10H2,1-2H3,(H2,23,24,26)/t18-/m1/s1. The van der Waals surface area contributed by atoms with Gasteiger partial charge in [0, 0.05) is 15.7 Å². The molecule has 0 saturated heterocycles. The van der Waals surface area contributed by atoms with E-state index in [4.69, 9.17) is 32.7 Å². The Kier molecular flexibility index (Phi) is 6.11. The van der Waals surface area contributed by atoms with Crippen molar-refractivity contribution in [3.05, 3.63) is 74.9 Å². The average molecular weight is 421 g/mol. The van der Waals surface area contributed by atoms with E-state index in [0.29, 0.717) is 27.1 Å². The lowest BCUT2D eigenvalue weighted by Crippen LogP contribution is -2.45. The second kappa shape index (κ2) is 8.54. The monoisotopic (exact) mass is 420 g/mol. The molecule has 1 heterocycles. The van der Waals surface area contributed by atoms with Crippen LogP contribution in [-0.2, 0) is 16.1 Å². The van der Waals surface area contributed by atoms with Gasteiger partial charge in [-0.15, -0.1) is 0 Å². The number of benzene rings is 2. The summed E-state index contributed by atoms with van der Waals surface area (Å²) in [6.45, 7) is 1.72. The third-order valence-corrected chi connectivity index (χ3v) is 4.85. The highest BCUT2D eigenvalue weighted by Crippen LogP contribution is 2.33. The molecule has 3 rings (SSSR count). The quantitative estimate of drug-likeness (QED) is 0.703. The Balaban J connectivity index is 1.83. The number of carbonyl (C=O) groups is 2. The number of esters is 1. The topological polar surface area (TPSA) is 76.7 Å². The number of halogens is 2. The highest BCUT2D eigenvalue weighted by atomic mass is 35.5. The Bertz CT molecular complexity index is 942. The number of hydrogen-bond acceptors (Lipinski definition) is 4. The van der Waals surface area contributed by atoms with Crippen LogP contribution in [0.15, 0.2) is 53.7 Å². The van der Waals surface area contributed by atoms with Crippen molar-refractivity contribution >= 4 is 35.2 Å².